The lowest BCUT2D eigenvalue weighted by atomic mass is 10.3. The third-order valence-corrected chi connectivity index (χ3v) is 2.07. The summed E-state index contributed by atoms with van der Waals surface area (Å²) in [5, 5.41) is 14.6. The number of hydrogen-bond donors (Lipinski definition) is 2. The van der Waals surface area contributed by atoms with Crippen LogP contribution in [0.25, 0.3) is 0 Å². The van der Waals surface area contributed by atoms with Crippen molar-refractivity contribution in [2.24, 2.45) is 0 Å². The summed E-state index contributed by atoms with van der Waals surface area (Å²) in [6.07, 6.45) is 0. The fourth-order valence-corrected chi connectivity index (χ4v) is 1.34. The molecule has 1 aliphatic heterocycles. The third-order valence-electron chi connectivity index (χ3n) is 2.07. The number of amides is 2. The van der Waals surface area contributed by atoms with Crippen LogP contribution in [0.4, 0.5) is 4.79 Å². The van der Waals surface area contributed by atoms with Gasteiger partial charge >= 0.3 is 12.0 Å². The van der Waals surface area contributed by atoms with Crippen LogP contribution in [0.2, 0.25) is 0 Å². The molecule has 0 atom stereocenters. The van der Waals surface area contributed by atoms with E-state index in [4.69, 9.17) is 9.63 Å². The lowest BCUT2D eigenvalue weighted by molar-refractivity contribution is 0.0685. The summed E-state index contributed by atoms with van der Waals surface area (Å²) < 4.78 is 4.78. The maximum atomic E-state index is 11.2. The normalized spacial score (nSPS) is 15.5. The van der Waals surface area contributed by atoms with Crippen LogP contribution in [0, 0.1) is 0 Å². The van der Waals surface area contributed by atoms with Gasteiger partial charge < -0.3 is 19.8 Å². The molecule has 0 radical (unpaired) electrons. The number of hydrogen-bond acceptors (Lipinski definition) is 4. The van der Waals surface area contributed by atoms with Crippen LogP contribution in [-0.4, -0.2) is 40.3 Å². The van der Waals surface area contributed by atoms with Gasteiger partial charge in [0.1, 0.15) is 0 Å². The van der Waals surface area contributed by atoms with Crippen LogP contribution in [0.5, 0.6) is 0 Å². The Hall–Kier alpha value is -2.05. The van der Waals surface area contributed by atoms with Crippen LogP contribution in [0.3, 0.4) is 0 Å². The fourth-order valence-electron chi connectivity index (χ4n) is 1.34. The molecular weight excluding hydrogens is 202 g/mol. The molecule has 1 saturated heterocycles. The number of rotatable bonds is 3. The molecule has 0 bridgehead atoms. The topological polar surface area (TPSA) is 95.7 Å². The molecule has 1 fully saturated rings. The quantitative estimate of drug-likeness (QED) is 0.727. The van der Waals surface area contributed by atoms with Gasteiger partial charge in [-0.05, 0) is 0 Å². The van der Waals surface area contributed by atoms with E-state index < -0.39 is 5.97 Å². The Balaban J connectivity index is 2.04. The van der Waals surface area contributed by atoms with Gasteiger partial charge in [-0.15, -0.1) is 0 Å². The molecule has 15 heavy (non-hydrogen) atoms. The van der Waals surface area contributed by atoms with E-state index in [-0.39, 0.29) is 18.3 Å². The van der Waals surface area contributed by atoms with Gasteiger partial charge in [-0.25, -0.2) is 9.59 Å². The van der Waals surface area contributed by atoms with E-state index in [0.717, 1.165) is 0 Å². The zero-order valence-electron chi connectivity index (χ0n) is 7.77. The standard InChI is InChI=1S/C8H9N3O4/c12-7(13)6-3-5(15-10-6)4-11-2-1-9-8(11)14/h3H,1-2,4H2,(H,9,14)(H,12,13). The van der Waals surface area contributed by atoms with Gasteiger partial charge in [0.15, 0.2) is 11.5 Å². The van der Waals surface area contributed by atoms with Crippen LogP contribution < -0.4 is 5.32 Å². The van der Waals surface area contributed by atoms with E-state index >= 15 is 0 Å². The number of carboxylic acid groups (broad SMARTS) is 1. The Morgan fingerprint density at radius 3 is 3.07 bits per heavy atom. The van der Waals surface area contributed by atoms with Gasteiger partial charge in [0, 0.05) is 19.2 Å². The first-order chi connectivity index (χ1) is 7.16. The first-order valence-corrected chi connectivity index (χ1v) is 4.38. The number of carbonyl (C=O) groups is 2. The second-order valence-electron chi connectivity index (χ2n) is 3.14. The summed E-state index contributed by atoms with van der Waals surface area (Å²) in [6, 6.07) is 1.14. The summed E-state index contributed by atoms with van der Waals surface area (Å²) in [7, 11) is 0. The predicted molar refractivity (Wildman–Crippen MR) is 47.3 cm³/mol. The van der Waals surface area contributed by atoms with Crippen molar-refractivity contribution < 1.29 is 19.2 Å². The molecule has 7 nitrogen and oxygen atoms in total. The average molecular weight is 211 g/mol. The summed E-state index contributed by atoms with van der Waals surface area (Å²) >= 11 is 0. The highest BCUT2D eigenvalue weighted by Crippen LogP contribution is 2.09. The SMILES string of the molecule is O=C(O)c1cc(CN2CCNC2=O)on1. The largest absolute Gasteiger partial charge is 0.476 e. The molecule has 2 rings (SSSR count). The molecular formula is C8H9N3O4. The number of carboxylic acids is 1. The third kappa shape index (κ3) is 1.90. The number of nitrogens with zero attached hydrogens (tertiary/aromatic N) is 2. The van der Waals surface area contributed by atoms with Gasteiger partial charge in [0.2, 0.25) is 0 Å². The molecule has 0 aromatic carbocycles. The van der Waals surface area contributed by atoms with E-state index in [1.54, 1.807) is 0 Å². The Morgan fingerprint density at radius 1 is 1.73 bits per heavy atom. The highest BCUT2D eigenvalue weighted by atomic mass is 16.5. The molecule has 0 saturated carbocycles. The number of nitrogens with one attached hydrogen (secondary N) is 1. The number of urea groups is 1. The molecule has 1 aromatic rings. The smallest absolute Gasteiger partial charge is 0.358 e. The minimum absolute atomic E-state index is 0.149. The number of carbonyl (C=O) groups excluding carboxylic acids is 1. The number of aromatic carboxylic acids is 1. The summed E-state index contributed by atoms with van der Waals surface area (Å²) in [4.78, 5) is 23.2. The summed E-state index contributed by atoms with van der Waals surface area (Å²) in [5.41, 5.74) is -0.149. The van der Waals surface area contributed by atoms with Crippen LogP contribution in [0.1, 0.15) is 16.2 Å². The summed E-state index contributed by atoms with van der Waals surface area (Å²) in [6.45, 7) is 1.42. The van der Waals surface area contributed by atoms with Crippen molar-refractivity contribution in [2.75, 3.05) is 13.1 Å². The molecule has 1 aliphatic rings. The van der Waals surface area contributed by atoms with Gasteiger partial charge in [0.05, 0.1) is 6.54 Å². The van der Waals surface area contributed by atoms with Crippen molar-refractivity contribution in [3.05, 3.63) is 17.5 Å². The van der Waals surface area contributed by atoms with Crippen LogP contribution in [-0.2, 0) is 6.54 Å². The Labute approximate surface area is 84.6 Å². The van der Waals surface area contributed by atoms with E-state index in [1.165, 1.54) is 11.0 Å². The lowest BCUT2D eigenvalue weighted by Crippen LogP contribution is -2.27. The molecule has 1 aromatic heterocycles. The predicted octanol–water partition coefficient (Wildman–Crippen LogP) is -0.102. The van der Waals surface area contributed by atoms with Crippen molar-refractivity contribution in [2.45, 2.75) is 6.54 Å². The van der Waals surface area contributed by atoms with Gasteiger partial charge in [-0.2, -0.15) is 0 Å². The van der Waals surface area contributed by atoms with Crippen LogP contribution in [0.15, 0.2) is 10.6 Å². The van der Waals surface area contributed by atoms with Crippen molar-refractivity contribution >= 4 is 12.0 Å². The van der Waals surface area contributed by atoms with E-state index in [9.17, 15) is 9.59 Å². The number of aromatic nitrogens is 1. The fraction of sp³-hybridized carbons (Fsp3) is 0.375. The van der Waals surface area contributed by atoms with Gasteiger partial charge in [0.25, 0.3) is 0 Å². The Bertz CT molecular complexity index is 400. The average Bonchev–Trinajstić information content (AvgIpc) is 2.77. The summed E-state index contributed by atoms with van der Waals surface area (Å²) in [5.74, 6) is -0.777. The molecule has 2 N–H and O–H groups in total. The molecule has 2 heterocycles. The highest BCUT2D eigenvalue weighted by molar-refractivity contribution is 5.85. The zero-order valence-corrected chi connectivity index (χ0v) is 7.77. The minimum atomic E-state index is -1.14. The molecule has 0 aliphatic carbocycles. The monoisotopic (exact) mass is 211 g/mol. The van der Waals surface area contributed by atoms with Crippen molar-refractivity contribution in [3.8, 4) is 0 Å². The molecule has 0 spiro atoms. The second-order valence-corrected chi connectivity index (χ2v) is 3.14. The Morgan fingerprint density at radius 2 is 2.53 bits per heavy atom. The zero-order chi connectivity index (χ0) is 10.8. The van der Waals surface area contributed by atoms with E-state index in [1.807, 2.05) is 0 Å². The van der Waals surface area contributed by atoms with Crippen molar-refractivity contribution in [1.29, 1.82) is 0 Å². The Kier molecular flexibility index (Phi) is 2.28. The van der Waals surface area contributed by atoms with E-state index in [0.29, 0.717) is 18.8 Å². The van der Waals surface area contributed by atoms with Crippen LogP contribution >= 0.6 is 0 Å². The highest BCUT2D eigenvalue weighted by Gasteiger charge is 2.21. The maximum Gasteiger partial charge on any atom is 0.358 e. The first kappa shape index (κ1) is 9.50. The van der Waals surface area contributed by atoms with Gasteiger partial charge in [-0.3, -0.25) is 0 Å². The first-order valence-electron chi connectivity index (χ1n) is 4.38. The van der Waals surface area contributed by atoms with Crippen molar-refractivity contribution in [1.82, 2.24) is 15.4 Å². The minimum Gasteiger partial charge on any atom is -0.476 e. The maximum absolute atomic E-state index is 11.2. The second kappa shape index (κ2) is 3.60. The molecule has 80 valence electrons. The molecule has 2 amide bonds. The van der Waals surface area contributed by atoms with Gasteiger partial charge in [-0.1, -0.05) is 5.16 Å². The van der Waals surface area contributed by atoms with E-state index in [2.05, 4.69) is 10.5 Å². The molecule has 7 heteroatoms. The molecule has 0 unspecified atom stereocenters. The lowest BCUT2D eigenvalue weighted by Gasteiger charge is -2.10. The van der Waals surface area contributed by atoms with Crippen molar-refractivity contribution in [3.63, 3.8) is 0 Å².